The second-order valence-electron chi connectivity index (χ2n) is 6.53. The summed E-state index contributed by atoms with van der Waals surface area (Å²) in [7, 11) is 3.38. The molecule has 3 aromatic rings. The van der Waals surface area contributed by atoms with E-state index in [1.807, 2.05) is 17.5 Å². The molecule has 2 atom stereocenters. The lowest BCUT2D eigenvalue weighted by Crippen LogP contribution is -3.09. The molecule has 0 aliphatic carbocycles. The van der Waals surface area contributed by atoms with E-state index in [2.05, 4.69) is 11.1 Å². The van der Waals surface area contributed by atoms with Crippen LogP contribution in [0.1, 0.15) is 30.1 Å². The molecule has 1 fully saturated rings. The average Bonchev–Trinajstić information content (AvgIpc) is 3.30. The number of hydrogen-bond acceptors (Lipinski definition) is 5. The summed E-state index contributed by atoms with van der Waals surface area (Å²) < 4.78 is 12.6. The minimum absolute atomic E-state index is 0.0136. The van der Waals surface area contributed by atoms with Crippen LogP contribution in [0.2, 0.25) is 0 Å². The maximum absolute atomic E-state index is 12.3. The van der Waals surface area contributed by atoms with Gasteiger partial charge in [-0.05, 0) is 18.2 Å². The fourth-order valence-electron chi connectivity index (χ4n) is 3.82. The molecule has 2 aromatic heterocycles. The number of nitrogens with zero attached hydrogens (tertiary/aromatic N) is 2. The highest BCUT2D eigenvalue weighted by molar-refractivity contribution is 7.15. The molecule has 1 unspecified atom stereocenters. The van der Waals surface area contributed by atoms with Gasteiger partial charge in [-0.25, -0.2) is 4.98 Å². The molecule has 0 amide bonds. The van der Waals surface area contributed by atoms with Crippen LogP contribution in [-0.4, -0.2) is 30.1 Å². The van der Waals surface area contributed by atoms with Crippen LogP contribution in [-0.2, 0) is 6.54 Å². The largest absolute Gasteiger partial charge is 0.497 e. The number of likely N-dealkylation sites (tertiary alicyclic amines) is 1. The molecular weight excluding hydrogens is 350 g/mol. The van der Waals surface area contributed by atoms with Crippen LogP contribution >= 0.6 is 11.3 Å². The van der Waals surface area contributed by atoms with E-state index in [4.69, 9.17) is 9.47 Å². The van der Waals surface area contributed by atoms with Gasteiger partial charge in [0.05, 0.1) is 26.3 Å². The summed E-state index contributed by atoms with van der Waals surface area (Å²) in [5.41, 5.74) is 2.00. The number of methoxy groups -OCH3 is 2. The maximum atomic E-state index is 12.3. The second kappa shape index (κ2) is 7.09. The van der Waals surface area contributed by atoms with Crippen LogP contribution < -0.4 is 19.9 Å². The first-order valence-corrected chi connectivity index (χ1v) is 9.60. The molecule has 6 nitrogen and oxygen atoms in total. The van der Waals surface area contributed by atoms with Crippen molar-refractivity contribution in [3.8, 4) is 11.5 Å². The summed E-state index contributed by atoms with van der Waals surface area (Å²) in [6.45, 7) is 1.78. The van der Waals surface area contributed by atoms with Crippen LogP contribution in [0.5, 0.6) is 11.5 Å². The Bertz CT molecular complexity index is 982. The Hall–Kier alpha value is -2.38. The van der Waals surface area contributed by atoms with E-state index in [1.54, 1.807) is 30.9 Å². The third-order valence-corrected chi connectivity index (χ3v) is 5.82. The Morgan fingerprint density at radius 1 is 1.31 bits per heavy atom. The highest BCUT2D eigenvalue weighted by Crippen LogP contribution is 2.31. The van der Waals surface area contributed by atoms with Crippen LogP contribution in [0.4, 0.5) is 0 Å². The number of thiazole rings is 1. The molecule has 0 radical (unpaired) electrons. The number of rotatable bonds is 5. The van der Waals surface area contributed by atoms with E-state index in [9.17, 15) is 4.79 Å². The molecule has 0 bridgehead atoms. The van der Waals surface area contributed by atoms with Gasteiger partial charge in [-0.3, -0.25) is 9.20 Å². The van der Waals surface area contributed by atoms with Gasteiger partial charge in [-0.1, -0.05) is 0 Å². The Kier molecular flexibility index (Phi) is 4.65. The van der Waals surface area contributed by atoms with Crippen molar-refractivity contribution in [3.63, 3.8) is 0 Å². The zero-order valence-corrected chi connectivity index (χ0v) is 15.7. The van der Waals surface area contributed by atoms with E-state index < -0.39 is 0 Å². The van der Waals surface area contributed by atoms with Crippen molar-refractivity contribution in [2.75, 3.05) is 20.8 Å². The molecule has 1 aliphatic rings. The van der Waals surface area contributed by atoms with Gasteiger partial charge in [-0.2, -0.15) is 0 Å². The number of benzene rings is 1. The Balaban J connectivity index is 1.65. The van der Waals surface area contributed by atoms with Gasteiger partial charge in [0, 0.05) is 30.5 Å². The number of fused-ring (bicyclic) bond motifs is 1. The summed E-state index contributed by atoms with van der Waals surface area (Å²) in [6.07, 6.45) is 3.99. The summed E-state index contributed by atoms with van der Waals surface area (Å²) in [5.74, 6) is 1.72. The maximum Gasteiger partial charge on any atom is 0.258 e. The smallest absolute Gasteiger partial charge is 0.258 e. The van der Waals surface area contributed by atoms with E-state index >= 15 is 0 Å². The second-order valence-corrected chi connectivity index (χ2v) is 7.40. The Labute approximate surface area is 155 Å². The van der Waals surface area contributed by atoms with Crippen LogP contribution in [0, 0.1) is 0 Å². The first-order chi connectivity index (χ1) is 12.7. The topological polar surface area (TPSA) is 57.3 Å². The van der Waals surface area contributed by atoms with Crippen molar-refractivity contribution in [2.24, 2.45) is 0 Å². The van der Waals surface area contributed by atoms with Crippen LogP contribution in [0.3, 0.4) is 0 Å². The molecule has 26 heavy (non-hydrogen) atoms. The van der Waals surface area contributed by atoms with Gasteiger partial charge in [0.2, 0.25) is 0 Å². The fraction of sp³-hybridized carbons (Fsp3) is 0.368. The van der Waals surface area contributed by atoms with Gasteiger partial charge in [0.1, 0.15) is 29.8 Å². The van der Waals surface area contributed by atoms with E-state index in [1.165, 1.54) is 16.2 Å². The van der Waals surface area contributed by atoms with Gasteiger partial charge >= 0.3 is 0 Å². The third kappa shape index (κ3) is 3.08. The zero-order chi connectivity index (χ0) is 18.1. The lowest BCUT2D eigenvalue weighted by Gasteiger charge is -2.23. The fourth-order valence-corrected chi connectivity index (χ4v) is 4.56. The minimum Gasteiger partial charge on any atom is -0.497 e. The number of quaternary nitrogens is 1. The molecular formula is C19H22N3O3S+. The average molecular weight is 372 g/mol. The quantitative estimate of drug-likeness (QED) is 0.741. The standard InChI is InChI=1S/C19H21N3O3S/c1-24-14-5-6-17(25-2)15(11-14)16-4-3-7-21(16)12-13-10-18(23)22-8-9-26-19(22)20-13/h5-6,8-11,16H,3-4,7,12H2,1-2H3/p+1/t16-/m1/s1. The summed E-state index contributed by atoms with van der Waals surface area (Å²) in [6, 6.07) is 7.92. The number of aromatic nitrogens is 2. The van der Waals surface area contributed by atoms with E-state index in [-0.39, 0.29) is 5.56 Å². The summed E-state index contributed by atoms with van der Waals surface area (Å²) in [4.78, 5) is 19.1. The zero-order valence-electron chi connectivity index (χ0n) is 14.9. The minimum atomic E-state index is -0.0136. The number of hydrogen-bond donors (Lipinski definition) is 1. The Morgan fingerprint density at radius 3 is 3.00 bits per heavy atom. The molecule has 136 valence electrons. The molecule has 1 saturated heterocycles. The van der Waals surface area contributed by atoms with E-state index in [0.717, 1.165) is 53.6 Å². The van der Waals surface area contributed by atoms with Crippen molar-refractivity contribution < 1.29 is 14.4 Å². The number of nitrogens with one attached hydrogen (secondary N) is 1. The van der Waals surface area contributed by atoms with Crippen molar-refractivity contribution in [3.05, 3.63) is 57.5 Å². The molecule has 1 aromatic carbocycles. The summed E-state index contributed by atoms with van der Waals surface area (Å²) in [5, 5.41) is 1.89. The highest BCUT2D eigenvalue weighted by Gasteiger charge is 2.33. The predicted octanol–water partition coefficient (Wildman–Crippen LogP) is 1.69. The van der Waals surface area contributed by atoms with Gasteiger partial charge in [0.25, 0.3) is 5.56 Å². The van der Waals surface area contributed by atoms with Crippen molar-refractivity contribution >= 4 is 16.3 Å². The molecule has 1 aliphatic heterocycles. The Morgan fingerprint density at radius 2 is 2.19 bits per heavy atom. The van der Waals surface area contributed by atoms with E-state index in [0.29, 0.717) is 6.04 Å². The lowest BCUT2D eigenvalue weighted by atomic mass is 10.0. The highest BCUT2D eigenvalue weighted by atomic mass is 32.1. The normalized spacial score (nSPS) is 19.8. The lowest BCUT2D eigenvalue weighted by molar-refractivity contribution is -0.932. The molecule has 7 heteroatoms. The first kappa shape index (κ1) is 17.1. The molecule has 1 N–H and O–H groups in total. The van der Waals surface area contributed by atoms with Crippen molar-refractivity contribution in [1.82, 2.24) is 9.38 Å². The SMILES string of the molecule is COc1ccc(OC)c([C@H]2CCC[NH+]2Cc2cc(=O)n3ccsc3n2)c1. The molecule has 3 heterocycles. The molecule has 0 spiro atoms. The molecule has 0 saturated carbocycles. The van der Waals surface area contributed by atoms with Gasteiger partial charge in [-0.15, -0.1) is 11.3 Å². The summed E-state index contributed by atoms with van der Waals surface area (Å²) >= 11 is 1.49. The number of ether oxygens (including phenoxy) is 2. The van der Waals surface area contributed by atoms with Crippen molar-refractivity contribution in [2.45, 2.75) is 25.4 Å². The van der Waals surface area contributed by atoms with Gasteiger partial charge in [0.15, 0.2) is 4.96 Å². The molecule has 4 rings (SSSR count). The first-order valence-electron chi connectivity index (χ1n) is 8.72. The van der Waals surface area contributed by atoms with Gasteiger partial charge < -0.3 is 14.4 Å². The van der Waals surface area contributed by atoms with Crippen LogP contribution in [0.15, 0.2) is 40.6 Å². The van der Waals surface area contributed by atoms with Crippen LogP contribution in [0.25, 0.3) is 4.96 Å². The predicted molar refractivity (Wildman–Crippen MR) is 100 cm³/mol. The third-order valence-electron chi connectivity index (χ3n) is 5.06. The monoisotopic (exact) mass is 372 g/mol. The van der Waals surface area contributed by atoms with Crippen molar-refractivity contribution in [1.29, 1.82) is 0 Å².